The van der Waals surface area contributed by atoms with Crippen molar-refractivity contribution in [2.45, 2.75) is 6.54 Å². The lowest BCUT2D eigenvalue weighted by atomic mass is 10.1. The summed E-state index contributed by atoms with van der Waals surface area (Å²) in [6.07, 6.45) is 1.65. The molecule has 1 heterocycles. The van der Waals surface area contributed by atoms with Gasteiger partial charge in [0.2, 0.25) is 0 Å². The standard InChI is InChI=1S/C11H8N2OS/c14-10-4-3-8(6-12-7-15)9-2-1-5-13-11(9)10/h1-5,14H,6H2. The van der Waals surface area contributed by atoms with Crippen LogP contribution in [0.15, 0.2) is 35.5 Å². The highest BCUT2D eigenvalue weighted by molar-refractivity contribution is 7.78. The average molecular weight is 216 g/mol. The Morgan fingerprint density at radius 2 is 2.27 bits per heavy atom. The van der Waals surface area contributed by atoms with Crippen LogP contribution in [-0.2, 0) is 6.54 Å². The molecule has 0 aliphatic rings. The van der Waals surface area contributed by atoms with Crippen LogP contribution in [0.4, 0.5) is 0 Å². The number of phenols is 1. The second-order valence-corrected chi connectivity index (χ2v) is 3.23. The molecule has 74 valence electrons. The Labute approximate surface area is 92.1 Å². The summed E-state index contributed by atoms with van der Waals surface area (Å²) in [5, 5.41) is 12.8. The second kappa shape index (κ2) is 4.17. The molecule has 0 aliphatic heterocycles. The summed E-state index contributed by atoms with van der Waals surface area (Å²) < 4.78 is 0. The molecular weight excluding hydrogens is 208 g/mol. The monoisotopic (exact) mass is 216 g/mol. The summed E-state index contributed by atoms with van der Waals surface area (Å²) in [5.41, 5.74) is 1.57. The number of aromatic hydroxyl groups is 1. The van der Waals surface area contributed by atoms with Gasteiger partial charge < -0.3 is 5.11 Å². The van der Waals surface area contributed by atoms with E-state index in [1.807, 2.05) is 18.2 Å². The van der Waals surface area contributed by atoms with E-state index >= 15 is 0 Å². The Morgan fingerprint density at radius 1 is 1.40 bits per heavy atom. The van der Waals surface area contributed by atoms with Gasteiger partial charge in [-0.3, -0.25) is 4.98 Å². The minimum atomic E-state index is 0.181. The van der Waals surface area contributed by atoms with Crippen molar-refractivity contribution < 1.29 is 5.11 Å². The zero-order valence-corrected chi connectivity index (χ0v) is 8.66. The molecule has 0 amide bonds. The number of hydrogen-bond donors (Lipinski definition) is 1. The molecule has 3 nitrogen and oxygen atoms in total. The summed E-state index contributed by atoms with van der Waals surface area (Å²) in [7, 11) is 0. The highest BCUT2D eigenvalue weighted by atomic mass is 32.1. The van der Waals surface area contributed by atoms with Crippen molar-refractivity contribution in [2.75, 3.05) is 0 Å². The molecule has 0 radical (unpaired) electrons. The molecular formula is C11H8N2OS. The molecule has 2 rings (SSSR count). The number of hydrogen-bond acceptors (Lipinski definition) is 4. The molecule has 0 saturated heterocycles. The van der Waals surface area contributed by atoms with E-state index in [2.05, 4.69) is 27.4 Å². The summed E-state index contributed by atoms with van der Waals surface area (Å²) in [6, 6.07) is 7.15. The predicted molar refractivity (Wildman–Crippen MR) is 62.1 cm³/mol. The van der Waals surface area contributed by atoms with Gasteiger partial charge in [-0.2, -0.15) is 0 Å². The Morgan fingerprint density at radius 3 is 3.07 bits per heavy atom. The maximum absolute atomic E-state index is 9.59. The molecule has 2 aromatic rings. The van der Waals surface area contributed by atoms with E-state index in [1.165, 1.54) is 0 Å². The molecule has 0 atom stereocenters. The summed E-state index contributed by atoms with van der Waals surface area (Å²) in [6.45, 7) is 0.464. The van der Waals surface area contributed by atoms with Crippen LogP contribution in [0.5, 0.6) is 5.75 Å². The fourth-order valence-electron chi connectivity index (χ4n) is 1.47. The number of thiocarbonyl (C=S) groups is 1. The van der Waals surface area contributed by atoms with Crippen LogP contribution in [0.3, 0.4) is 0 Å². The molecule has 0 aliphatic carbocycles. The molecule has 4 heteroatoms. The topological polar surface area (TPSA) is 45.5 Å². The van der Waals surface area contributed by atoms with Gasteiger partial charge in [-0.15, -0.1) is 0 Å². The highest BCUT2D eigenvalue weighted by Crippen LogP contribution is 2.25. The van der Waals surface area contributed by atoms with E-state index in [1.54, 1.807) is 12.3 Å². The highest BCUT2D eigenvalue weighted by Gasteiger charge is 2.04. The summed E-state index contributed by atoms with van der Waals surface area (Å²) >= 11 is 4.52. The van der Waals surface area contributed by atoms with Crippen molar-refractivity contribution >= 4 is 28.3 Å². The molecule has 0 fully saturated rings. The van der Waals surface area contributed by atoms with Crippen LogP contribution < -0.4 is 0 Å². The smallest absolute Gasteiger partial charge is 0.141 e. The average Bonchev–Trinajstić information content (AvgIpc) is 2.29. The van der Waals surface area contributed by atoms with E-state index in [0.29, 0.717) is 12.1 Å². The molecule has 1 N–H and O–H groups in total. The minimum Gasteiger partial charge on any atom is -0.506 e. The SMILES string of the molecule is Oc1ccc(CN=C=S)c2cccnc12. The third-order valence-electron chi connectivity index (χ3n) is 2.15. The zero-order chi connectivity index (χ0) is 10.7. The van der Waals surface area contributed by atoms with Gasteiger partial charge in [0.25, 0.3) is 0 Å². The number of benzene rings is 1. The molecule has 0 saturated carbocycles. The predicted octanol–water partition coefficient (Wildman–Crippen LogP) is 2.54. The first kappa shape index (κ1) is 9.77. The first-order valence-corrected chi connectivity index (χ1v) is 4.83. The van der Waals surface area contributed by atoms with Crippen molar-refractivity contribution in [1.29, 1.82) is 0 Å². The lowest BCUT2D eigenvalue weighted by Crippen LogP contribution is -1.86. The Bertz CT molecular complexity index is 547. The molecule has 0 spiro atoms. The number of isothiocyanates is 1. The lowest BCUT2D eigenvalue weighted by Gasteiger charge is -2.04. The zero-order valence-electron chi connectivity index (χ0n) is 7.84. The summed E-state index contributed by atoms with van der Waals surface area (Å²) in [4.78, 5) is 7.99. The first-order chi connectivity index (χ1) is 7.33. The van der Waals surface area contributed by atoms with Gasteiger partial charge in [0.05, 0.1) is 11.7 Å². The van der Waals surface area contributed by atoms with Gasteiger partial charge in [0.15, 0.2) is 0 Å². The van der Waals surface area contributed by atoms with Gasteiger partial charge in [-0.1, -0.05) is 12.1 Å². The fraction of sp³-hybridized carbons (Fsp3) is 0.0909. The van der Waals surface area contributed by atoms with Crippen molar-refractivity contribution in [2.24, 2.45) is 4.99 Å². The van der Waals surface area contributed by atoms with E-state index < -0.39 is 0 Å². The van der Waals surface area contributed by atoms with Crippen molar-refractivity contribution in [3.63, 3.8) is 0 Å². The molecule has 0 unspecified atom stereocenters. The number of aromatic nitrogens is 1. The van der Waals surface area contributed by atoms with Crippen molar-refractivity contribution in [3.05, 3.63) is 36.0 Å². The normalized spacial score (nSPS) is 9.87. The van der Waals surface area contributed by atoms with E-state index in [-0.39, 0.29) is 5.75 Å². The molecule has 1 aromatic carbocycles. The van der Waals surface area contributed by atoms with Crippen LogP contribution in [0, 0.1) is 0 Å². The molecule has 0 bridgehead atoms. The van der Waals surface area contributed by atoms with Crippen molar-refractivity contribution in [1.82, 2.24) is 4.98 Å². The van der Waals surface area contributed by atoms with Crippen LogP contribution in [0.25, 0.3) is 10.9 Å². The Kier molecular flexibility index (Phi) is 2.72. The number of fused-ring (bicyclic) bond motifs is 1. The van der Waals surface area contributed by atoms with Crippen LogP contribution in [0.2, 0.25) is 0 Å². The maximum atomic E-state index is 9.59. The molecule has 15 heavy (non-hydrogen) atoms. The second-order valence-electron chi connectivity index (χ2n) is 3.05. The number of pyridine rings is 1. The van der Waals surface area contributed by atoms with E-state index in [0.717, 1.165) is 10.9 Å². The van der Waals surface area contributed by atoms with E-state index in [9.17, 15) is 5.11 Å². The van der Waals surface area contributed by atoms with Gasteiger partial charge in [0.1, 0.15) is 11.3 Å². The third kappa shape index (κ3) is 1.86. The lowest BCUT2D eigenvalue weighted by molar-refractivity contribution is 0.480. The quantitative estimate of drug-likeness (QED) is 0.619. The number of nitrogens with zero attached hydrogens (tertiary/aromatic N) is 2. The fourth-order valence-corrected chi connectivity index (χ4v) is 1.54. The third-order valence-corrected chi connectivity index (χ3v) is 2.28. The minimum absolute atomic E-state index is 0.181. The largest absolute Gasteiger partial charge is 0.506 e. The van der Waals surface area contributed by atoms with Crippen LogP contribution in [0.1, 0.15) is 5.56 Å². The van der Waals surface area contributed by atoms with E-state index in [4.69, 9.17) is 0 Å². The number of rotatable bonds is 2. The summed E-state index contributed by atoms with van der Waals surface area (Å²) in [5.74, 6) is 0.181. The van der Waals surface area contributed by atoms with Crippen molar-refractivity contribution in [3.8, 4) is 5.75 Å². The Balaban J connectivity index is 2.65. The molecule has 1 aromatic heterocycles. The van der Waals surface area contributed by atoms with Gasteiger partial charge >= 0.3 is 0 Å². The van der Waals surface area contributed by atoms with Gasteiger partial charge in [-0.25, -0.2) is 4.99 Å². The Hall–Kier alpha value is -1.77. The maximum Gasteiger partial charge on any atom is 0.141 e. The van der Waals surface area contributed by atoms with Crippen LogP contribution >= 0.6 is 12.2 Å². The first-order valence-electron chi connectivity index (χ1n) is 4.42. The van der Waals surface area contributed by atoms with Gasteiger partial charge in [0, 0.05) is 11.6 Å². The number of phenolic OH excluding ortho intramolecular Hbond substituents is 1. The van der Waals surface area contributed by atoms with Crippen LogP contribution in [-0.4, -0.2) is 15.3 Å². The number of aliphatic imine (C=N–C) groups is 1. The van der Waals surface area contributed by atoms with Gasteiger partial charge in [-0.05, 0) is 29.9 Å².